The number of para-hydroxylation sites is 2. The zero-order chi connectivity index (χ0) is 38.4. The summed E-state index contributed by atoms with van der Waals surface area (Å²) in [7, 11) is 0. The summed E-state index contributed by atoms with van der Waals surface area (Å²) in [4.78, 5) is 12.9. The van der Waals surface area contributed by atoms with Crippen LogP contribution < -0.4 is 9.64 Å². The Bertz CT molecular complexity index is 3130. The fourth-order valence-electron chi connectivity index (χ4n) is 8.37. The molecule has 1 aliphatic heterocycles. The molecule has 0 saturated carbocycles. The summed E-state index contributed by atoms with van der Waals surface area (Å²) in [6.07, 6.45) is 0. The number of fused-ring (bicyclic) bond motifs is 3. The van der Waals surface area contributed by atoms with Gasteiger partial charge in [0.2, 0.25) is 0 Å². The Labute approximate surface area is 337 Å². The Balaban J connectivity index is 1.08. The van der Waals surface area contributed by atoms with Crippen LogP contribution >= 0.6 is 0 Å². The fraction of sp³-hybridized carbons (Fsp3) is 0. The molecule has 2 heterocycles. The number of hydrogen-bond donors (Lipinski definition) is 0. The van der Waals surface area contributed by atoms with Crippen molar-refractivity contribution in [1.82, 2.24) is 9.97 Å². The molecule has 0 atom stereocenters. The van der Waals surface area contributed by atoms with E-state index in [2.05, 4.69) is 193 Å². The van der Waals surface area contributed by atoms with Crippen molar-refractivity contribution in [2.75, 3.05) is 4.90 Å². The second-order valence-corrected chi connectivity index (χ2v) is 14.5. The van der Waals surface area contributed by atoms with Crippen LogP contribution in [-0.2, 0) is 0 Å². The zero-order valence-corrected chi connectivity index (χ0v) is 31.5. The maximum atomic E-state index is 6.82. The molecule has 1 aliphatic rings. The Kier molecular flexibility index (Phi) is 8.11. The third-order valence-corrected chi connectivity index (χ3v) is 11.1. The van der Waals surface area contributed by atoms with Crippen molar-refractivity contribution >= 4 is 38.7 Å². The Morgan fingerprint density at radius 1 is 0.379 bits per heavy atom. The minimum Gasteiger partial charge on any atom is -0.456 e. The number of aromatic nitrogens is 2. The van der Waals surface area contributed by atoms with Gasteiger partial charge in [0.05, 0.1) is 16.9 Å². The number of hydrogen-bond acceptors (Lipinski definition) is 4. The van der Waals surface area contributed by atoms with E-state index in [1.807, 2.05) is 24.3 Å². The van der Waals surface area contributed by atoms with Crippen molar-refractivity contribution in [3.63, 3.8) is 0 Å². The van der Waals surface area contributed by atoms with Crippen LogP contribution in [0.1, 0.15) is 0 Å². The monoisotopic (exact) mass is 741 g/mol. The first-order valence-corrected chi connectivity index (χ1v) is 19.6. The minimum absolute atomic E-state index is 0.654. The van der Waals surface area contributed by atoms with Gasteiger partial charge in [-0.1, -0.05) is 164 Å². The van der Waals surface area contributed by atoms with Crippen LogP contribution in [0.15, 0.2) is 212 Å². The Morgan fingerprint density at radius 2 is 0.966 bits per heavy atom. The lowest BCUT2D eigenvalue weighted by Gasteiger charge is -2.30. The van der Waals surface area contributed by atoms with E-state index in [1.165, 1.54) is 11.1 Å². The lowest BCUT2D eigenvalue weighted by Crippen LogP contribution is -2.11. The van der Waals surface area contributed by atoms with E-state index in [0.29, 0.717) is 5.82 Å². The highest BCUT2D eigenvalue weighted by atomic mass is 16.5. The number of benzene rings is 9. The number of anilines is 3. The van der Waals surface area contributed by atoms with E-state index >= 15 is 0 Å². The van der Waals surface area contributed by atoms with Gasteiger partial charge in [0, 0.05) is 44.2 Å². The molecule has 0 amide bonds. The average Bonchev–Trinajstić information content (AvgIpc) is 3.30. The highest BCUT2D eigenvalue weighted by Gasteiger charge is 2.27. The van der Waals surface area contributed by atoms with E-state index in [9.17, 15) is 0 Å². The summed E-state index contributed by atoms with van der Waals surface area (Å²) in [5.41, 5.74) is 13.7. The quantitative estimate of drug-likeness (QED) is 0.163. The van der Waals surface area contributed by atoms with Crippen molar-refractivity contribution in [3.05, 3.63) is 212 Å². The van der Waals surface area contributed by atoms with Gasteiger partial charge in [0.15, 0.2) is 5.82 Å². The largest absolute Gasteiger partial charge is 0.456 e. The first-order chi connectivity index (χ1) is 28.8. The molecule has 1 aromatic heterocycles. The minimum atomic E-state index is 0.654. The van der Waals surface area contributed by atoms with Crippen molar-refractivity contribution in [3.8, 4) is 67.5 Å². The van der Waals surface area contributed by atoms with Gasteiger partial charge in [0.1, 0.15) is 11.5 Å². The Morgan fingerprint density at radius 3 is 1.76 bits per heavy atom. The highest BCUT2D eigenvalue weighted by molar-refractivity contribution is 6.12. The van der Waals surface area contributed by atoms with Crippen molar-refractivity contribution in [2.45, 2.75) is 0 Å². The van der Waals surface area contributed by atoms with Gasteiger partial charge in [-0.3, -0.25) is 0 Å². The average molecular weight is 742 g/mol. The molecule has 58 heavy (non-hydrogen) atoms. The molecule has 4 nitrogen and oxygen atoms in total. The molecule has 0 aliphatic carbocycles. The van der Waals surface area contributed by atoms with Crippen LogP contribution in [0.5, 0.6) is 11.5 Å². The molecule has 9 aromatic carbocycles. The van der Waals surface area contributed by atoms with E-state index in [-0.39, 0.29) is 0 Å². The summed E-state index contributed by atoms with van der Waals surface area (Å²) in [5.74, 6) is 2.26. The van der Waals surface area contributed by atoms with Gasteiger partial charge in [-0.15, -0.1) is 0 Å². The maximum absolute atomic E-state index is 6.82. The summed E-state index contributed by atoms with van der Waals surface area (Å²) >= 11 is 0. The first kappa shape index (κ1) is 33.5. The van der Waals surface area contributed by atoms with Crippen molar-refractivity contribution in [1.29, 1.82) is 0 Å². The van der Waals surface area contributed by atoms with Crippen molar-refractivity contribution < 1.29 is 4.74 Å². The van der Waals surface area contributed by atoms with Gasteiger partial charge in [-0.05, 0) is 76.3 Å². The SMILES string of the molecule is c1ccc(-c2ccc(-c3nc(-c4cccc5c4-c4cccc6c(N(c7ccccc7)c7cccc(-c8ccccc8)c7)ccc(c46)O5)nc4ccccc34)cc2)cc1. The van der Waals surface area contributed by atoms with Crippen LogP contribution in [0.3, 0.4) is 0 Å². The zero-order valence-electron chi connectivity index (χ0n) is 31.5. The molecule has 0 unspecified atom stereocenters. The molecule has 0 spiro atoms. The topological polar surface area (TPSA) is 38.2 Å². The molecular weight excluding hydrogens is 707 g/mol. The number of ether oxygens (including phenoxy) is 1. The predicted octanol–water partition coefficient (Wildman–Crippen LogP) is 14.7. The molecule has 0 N–H and O–H groups in total. The fourth-order valence-corrected chi connectivity index (χ4v) is 8.37. The normalized spacial score (nSPS) is 11.6. The molecule has 0 saturated heterocycles. The number of rotatable bonds is 7. The van der Waals surface area contributed by atoms with Crippen LogP contribution in [0.25, 0.3) is 77.7 Å². The number of nitrogens with zero attached hydrogens (tertiary/aromatic N) is 3. The standard InChI is InChI=1S/C54H35N3O/c1-4-15-36(16-5-1)38-29-31-39(32-30-38)53-43-23-10-11-27-47(43)55-54(56-53)46-26-14-28-49-52(46)45-25-13-24-44-48(33-34-50(58-49)51(44)45)57(41-20-8-3-9-21-41)42-22-12-19-40(35-42)37-17-6-2-7-18-37/h1-35H. The van der Waals surface area contributed by atoms with Gasteiger partial charge in [-0.25, -0.2) is 9.97 Å². The second kappa shape index (κ2) is 14.0. The third kappa shape index (κ3) is 5.78. The molecule has 0 radical (unpaired) electrons. The van der Waals surface area contributed by atoms with Gasteiger partial charge >= 0.3 is 0 Å². The van der Waals surface area contributed by atoms with Crippen LogP contribution in [-0.4, -0.2) is 9.97 Å². The van der Waals surface area contributed by atoms with E-state index in [4.69, 9.17) is 14.7 Å². The molecule has 11 rings (SSSR count). The molecule has 0 bridgehead atoms. The summed E-state index contributed by atoms with van der Waals surface area (Å²) in [6, 6.07) is 74.3. The second-order valence-electron chi connectivity index (χ2n) is 14.5. The molecule has 10 aromatic rings. The van der Waals surface area contributed by atoms with Gasteiger partial charge in [0.25, 0.3) is 0 Å². The first-order valence-electron chi connectivity index (χ1n) is 19.6. The van der Waals surface area contributed by atoms with Crippen LogP contribution in [0, 0.1) is 0 Å². The molecule has 4 heteroatoms. The third-order valence-electron chi connectivity index (χ3n) is 11.1. The lowest BCUT2D eigenvalue weighted by atomic mass is 9.90. The summed E-state index contributed by atoms with van der Waals surface area (Å²) in [5, 5.41) is 3.15. The smallest absolute Gasteiger partial charge is 0.161 e. The lowest BCUT2D eigenvalue weighted by molar-refractivity contribution is 0.487. The Hall–Kier alpha value is -7.82. The van der Waals surface area contributed by atoms with E-state index in [0.717, 1.165) is 89.3 Å². The summed E-state index contributed by atoms with van der Waals surface area (Å²) < 4.78 is 6.82. The summed E-state index contributed by atoms with van der Waals surface area (Å²) in [6.45, 7) is 0. The van der Waals surface area contributed by atoms with Crippen LogP contribution in [0.4, 0.5) is 17.1 Å². The predicted molar refractivity (Wildman–Crippen MR) is 239 cm³/mol. The molecule has 0 fully saturated rings. The molecule has 272 valence electrons. The van der Waals surface area contributed by atoms with E-state index < -0.39 is 0 Å². The van der Waals surface area contributed by atoms with Gasteiger partial charge in [-0.2, -0.15) is 0 Å². The van der Waals surface area contributed by atoms with E-state index in [1.54, 1.807) is 0 Å². The maximum Gasteiger partial charge on any atom is 0.161 e. The highest BCUT2D eigenvalue weighted by Crippen LogP contribution is 2.53. The van der Waals surface area contributed by atoms with Gasteiger partial charge < -0.3 is 9.64 Å². The molecular formula is C54H35N3O. The van der Waals surface area contributed by atoms with Crippen molar-refractivity contribution in [2.24, 2.45) is 0 Å². The van der Waals surface area contributed by atoms with Crippen LogP contribution in [0.2, 0.25) is 0 Å².